The lowest BCUT2D eigenvalue weighted by atomic mass is 9.82. The minimum atomic E-state index is -0.550. The third kappa shape index (κ3) is 3.47. The fourth-order valence-corrected chi connectivity index (χ4v) is 5.69. The Hall–Kier alpha value is -3.64. The van der Waals surface area contributed by atoms with Crippen molar-refractivity contribution in [1.82, 2.24) is 0 Å². The first kappa shape index (κ1) is 20.0. The highest BCUT2D eigenvalue weighted by Gasteiger charge is 2.37. The predicted molar refractivity (Wildman–Crippen MR) is 132 cm³/mol. The van der Waals surface area contributed by atoms with Crippen LogP contribution in [0.1, 0.15) is 41.0 Å². The van der Waals surface area contributed by atoms with Gasteiger partial charge in [-0.3, -0.25) is 9.59 Å². The Kier molecular flexibility index (Phi) is 4.69. The number of Topliss-reactive ketones (excluding diaryl/α,β-unsaturated/α-hetero) is 1. The van der Waals surface area contributed by atoms with E-state index >= 15 is 0 Å². The summed E-state index contributed by atoms with van der Waals surface area (Å²) < 4.78 is 6.23. The van der Waals surface area contributed by atoms with Gasteiger partial charge in [0.25, 0.3) is 0 Å². The smallest absolute Gasteiger partial charge is 0.193 e. The lowest BCUT2D eigenvalue weighted by Gasteiger charge is -2.28. The standard InChI is InChI=1S/C27H22N2O3S/c1-15-8-9-23-17(11-15)21(30)14-24(32-23)27-26-20(28-18-5-2-3-6-19(18)29-27)12-16(13-22(26)31)25-7-4-10-33-25/h2-11,14,16,27-29H,12-13H2,1H3/t16-,27-/m0/s1. The Morgan fingerprint density at radius 2 is 1.82 bits per heavy atom. The van der Waals surface area contributed by atoms with Crippen LogP contribution in [0.2, 0.25) is 0 Å². The van der Waals surface area contributed by atoms with Gasteiger partial charge in [0.05, 0.1) is 16.8 Å². The second-order valence-corrected chi connectivity index (χ2v) is 9.68. The average molecular weight is 455 g/mol. The zero-order valence-electron chi connectivity index (χ0n) is 18.1. The Morgan fingerprint density at radius 3 is 2.64 bits per heavy atom. The summed E-state index contributed by atoms with van der Waals surface area (Å²) >= 11 is 1.69. The minimum Gasteiger partial charge on any atom is -0.458 e. The maximum absolute atomic E-state index is 13.6. The molecule has 2 atom stereocenters. The molecule has 5 nitrogen and oxygen atoms in total. The molecule has 6 rings (SSSR count). The van der Waals surface area contributed by atoms with Crippen molar-refractivity contribution in [3.63, 3.8) is 0 Å². The molecule has 2 N–H and O–H groups in total. The van der Waals surface area contributed by atoms with Crippen molar-refractivity contribution < 1.29 is 9.21 Å². The van der Waals surface area contributed by atoms with Gasteiger partial charge in [-0.2, -0.15) is 0 Å². The molecular formula is C27H22N2O3S. The average Bonchev–Trinajstić information content (AvgIpc) is 3.28. The summed E-state index contributed by atoms with van der Waals surface area (Å²) in [5.74, 6) is 0.658. The third-order valence-corrected chi connectivity index (χ3v) is 7.48. The monoisotopic (exact) mass is 454 g/mol. The first-order valence-corrected chi connectivity index (χ1v) is 11.9. The summed E-state index contributed by atoms with van der Waals surface area (Å²) in [5.41, 5.74) is 4.73. The number of allylic oxidation sites excluding steroid dienone is 1. The summed E-state index contributed by atoms with van der Waals surface area (Å²) in [6, 6.07) is 18.6. The molecule has 0 amide bonds. The molecule has 3 heterocycles. The SMILES string of the molecule is Cc1ccc2oc([C@@H]3Nc4ccccc4NC4=C3C(=O)C[C@@H](c3cccs3)C4)cc(=O)c2c1. The van der Waals surface area contributed by atoms with E-state index in [0.717, 1.165) is 29.1 Å². The molecule has 0 fully saturated rings. The number of hydrogen-bond acceptors (Lipinski definition) is 6. The number of aryl methyl sites for hydroxylation is 1. The van der Waals surface area contributed by atoms with Crippen molar-refractivity contribution >= 4 is 39.5 Å². The van der Waals surface area contributed by atoms with Crippen LogP contribution in [0.3, 0.4) is 0 Å². The number of hydrogen-bond donors (Lipinski definition) is 2. The lowest BCUT2D eigenvalue weighted by molar-refractivity contribution is -0.116. The van der Waals surface area contributed by atoms with E-state index in [2.05, 4.69) is 22.1 Å². The first-order valence-electron chi connectivity index (χ1n) is 11.0. The van der Waals surface area contributed by atoms with Crippen molar-refractivity contribution in [3.05, 3.63) is 104 Å². The quantitative estimate of drug-likeness (QED) is 0.381. The van der Waals surface area contributed by atoms with Crippen LogP contribution in [0.25, 0.3) is 11.0 Å². The maximum Gasteiger partial charge on any atom is 0.193 e. The molecular weight excluding hydrogens is 432 g/mol. The highest BCUT2D eigenvalue weighted by Crippen LogP contribution is 2.44. The number of rotatable bonds is 2. The summed E-state index contributed by atoms with van der Waals surface area (Å²) in [6.45, 7) is 1.95. The molecule has 0 spiro atoms. The third-order valence-electron chi connectivity index (χ3n) is 6.44. The number of carbonyl (C=O) groups excluding carboxylic acids is 1. The van der Waals surface area contributed by atoms with E-state index in [-0.39, 0.29) is 17.1 Å². The molecule has 33 heavy (non-hydrogen) atoms. The van der Waals surface area contributed by atoms with Gasteiger partial charge in [0.15, 0.2) is 11.2 Å². The van der Waals surface area contributed by atoms with Crippen molar-refractivity contribution in [2.45, 2.75) is 31.7 Å². The highest BCUT2D eigenvalue weighted by atomic mass is 32.1. The number of thiophene rings is 1. The van der Waals surface area contributed by atoms with Crippen LogP contribution in [0.4, 0.5) is 11.4 Å². The molecule has 2 aromatic heterocycles. The van der Waals surface area contributed by atoms with Gasteiger partial charge in [0, 0.05) is 34.6 Å². The molecule has 1 aliphatic carbocycles. The Morgan fingerprint density at radius 1 is 0.970 bits per heavy atom. The molecule has 0 radical (unpaired) electrons. The molecule has 0 saturated heterocycles. The first-order chi connectivity index (χ1) is 16.1. The second kappa shape index (κ2) is 7.74. The van der Waals surface area contributed by atoms with Gasteiger partial charge in [-0.1, -0.05) is 29.8 Å². The number of para-hydroxylation sites is 2. The minimum absolute atomic E-state index is 0.0686. The van der Waals surface area contributed by atoms with E-state index in [0.29, 0.717) is 28.7 Å². The summed E-state index contributed by atoms with van der Waals surface area (Å²) in [5, 5.41) is 9.61. The largest absolute Gasteiger partial charge is 0.458 e. The van der Waals surface area contributed by atoms with Gasteiger partial charge in [-0.25, -0.2) is 0 Å². The van der Waals surface area contributed by atoms with Crippen molar-refractivity contribution in [2.24, 2.45) is 0 Å². The molecule has 2 aromatic carbocycles. The van der Waals surface area contributed by atoms with Gasteiger partial charge in [-0.15, -0.1) is 11.3 Å². The molecule has 2 aliphatic rings. The number of fused-ring (bicyclic) bond motifs is 2. The van der Waals surface area contributed by atoms with Crippen LogP contribution < -0.4 is 16.1 Å². The molecule has 6 heteroatoms. The predicted octanol–water partition coefficient (Wildman–Crippen LogP) is 6.14. The Labute approximate surface area is 194 Å². The topological polar surface area (TPSA) is 71.3 Å². The zero-order chi connectivity index (χ0) is 22.5. The van der Waals surface area contributed by atoms with Crippen LogP contribution >= 0.6 is 11.3 Å². The molecule has 0 bridgehead atoms. The van der Waals surface area contributed by atoms with Crippen LogP contribution in [-0.4, -0.2) is 5.78 Å². The number of nitrogens with one attached hydrogen (secondary N) is 2. The van der Waals surface area contributed by atoms with Gasteiger partial charge in [0.2, 0.25) is 0 Å². The van der Waals surface area contributed by atoms with Crippen LogP contribution in [-0.2, 0) is 4.79 Å². The maximum atomic E-state index is 13.6. The van der Waals surface area contributed by atoms with Crippen molar-refractivity contribution in [2.75, 3.05) is 10.6 Å². The van der Waals surface area contributed by atoms with E-state index in [1.165, 1.54) is 10.9 Å². The Bertz CT molecular complexity index is 1480. The van der Waals surface area contributed by atoms with E-state index < -0.39 is 6.04 Å². The zero-order valence-corrected chi connectivity index (χ0v) is 18.9. The molecule has 1 aliphatic heterocycles. The summed E-state index contributed by atoms with van der Waals surface area (Å²) in [4.78, 5) is 27.7. The number of benzene rings is 2. The van der Waals surface area contributed by atoms with Crippen molar-refractivity contribution in [3.8, 4) is 0 Å². The highest BCUT2D eigenvalue weighted by molar-refractivity contribution is 7.10. The Balaban J connectivity index is 1.52. The molecule has 0 unspecified atom stereocenters. The van der Waals surface area contributed by atoms with Crippen LogP contribution in [0.5, 0.6) is 0 Å². The molecule has 164 valence electrons. The lowest BCUT2D eigenvalue weighted by Crippen LogP contribution is -2.27. The summed E-state index contributed by atoms with van der Waals surface area (Å²) in [7, 11) is 0. The van der Waals surface area contributed by atoms with E-state index in [1.54, 1.807) is 11.3 Å². The normalized spacial score (nSPS) is 20.0. The van der Waals surface area contributed by atoms with E-state index in [9.17, 15) is 9.59 Å². The second-order valence-electron chi connectivity index (χ2n) is 8.70. The van der Waals surface area contributed by atoms with Crippen molar-refractivity contribution in [1.29, 1.82) is 0 Å². The number of ketones is 1. The van der Waals surface area contributed by atoms with Gasteiger partial charge in [-0.05, 0) is 49.1 Å². The van der Waals surface area contributed by atoms with E-state index in [1.807, 2.05) is 55.5 Å². The van der Waals surface area contributed by atoms with Gasteiger partial charge >= 0.3 is 0 Å². The number of anilines is 2. The summed E-state index contributed by atoms with van der Waals surface area (Å²) in [6.07, 6.45) is 1.16. The van der Waals surface area contributed by atoms with Crippen LogP contribution in [0, 0.1) is 6.92 Å². The van der Waals surface area contributed by atoms with E-state index in [4.69, 9.17) is 4.42 Å². The van der Waals surface area contributed by atoms with Gasteiger partial charge < -0.3 is 15.1 Å². The van der Waals surface area contributed by atoms with Gasteiger partial charge in [0.1, 0.15) is 17.4 Å². The fourth-order valence-electron chi connectivity index (χ4n) is 4.86. The molecule has 0 saturated carbocycles. The van der Waals surface area contributed by atoms with Crippen LogP contribution in [0.15, 0.2) is 86.5 Å². The fraction of sp³-hybridized carbons (Fsp3) is 0.185. The molecule has 4 aromatic rings. The number of carbonyl (C=O) groups is 1.